The molecule has 0 bridgehead atoms. The van der Waals surface area contributed by atoms with Gasteiger partial charge >= 0.3 is 5.63 Å². The number of aromatic amines is 1. The number of hydrogen-bond acceptors (Lipinski definition) is 5. The van der Waals surface area contributed by atoms with E-state index in [1.807, 2.05) is 0 Å². The third-order valence-corrected chi connectivity index (χ3v) is 1.72. The van der Waals surface area contributed by atoms with E-state index < -0.39 is 5.63 Å². The number of nitroso groups, excluding NO2 is 1. The van der Waals surface area contributed by atoms with Gasteiger partial charge in [-0.05, 0) is 17.3 Å². The Morgan fingerprint density at radius 2 is 2.36 bits per heavy atom. The van der Waals surface area contributed by atoms with Crippen molar-refractivity contribution < 1.29 is 4.52 Å². The minimum absolute atomic E-state index is 0.248. The van der Waals surface area contributed by atoms with Crippen molar-refractivity contribution in [3.05, 3.63) is 39.9 Å². The van der Waals surface area contributed by atoms with Crippen LogP contribution in [-0.2, 0) is 0 Å². The highest BCUT2D eigenvalue weighted by Gasteiger charge is 2.14. The Labute approximate surface area is 77.5 Å². The average molecular weight is 191 g/mol. The van der Waals surface area contributed by atoms with E-state index in [0.29, 0.717) is 5.56 Å². The number of rotatable bonds is 2. The lowest BCUT2D eigenvalue weighted by atomic mass is 10.2. The monoisotopic (exact) mass is 191 g/mol. The zero-order valence-corrected chi connectivity index (χ0v) is 6.93. The molecule has 0 aliphatic carbocycles. The molecule has 1 N–H and O–H groups in total. The van der Waals surface area contributed by atoms with Gasteiger partial charge in [-0.15, -0.1) is 4.91 Å². The smallest absolute Gasteiger partial charge is 0.336 e. The van der Waals surface area contributed by atoms with Crippen LogP contribution < -0.4 is 5.63 Å². The molecule has 0 saturated carbocycles. The average Bonchev–Trinajstić information content (AvgIpc) is 2.61. The molecule has 6 heteroatoms. The van der Waals surface area contributed by atoms with Crippen molar-refractivity contribution in [1.82, 2.24) is 10.1 Å². The molecular weight excluding hydrogens is 186 g/mol. The maximum atomic E-state index is 10.9. The zero-order chi connectivity index (χ0) is 9.97. The second kappa shape index (κ2) is 3.25. The topological polar surface area (TPSA) is 88.3 Å². The largest absolute Gasteiger partial charge is 0.387 e. The Morgan fingerprint density at radius 1 is 1.50 bits per heavy atom. The minimum atomic E-state index is -0.779. The summed E-state index contributed by atoms with van der Waals surface area (Å²) in [7, 11) is 0. The van der Waals surface area contributed by atoms with Gasteiger partial charge in [0.15, 0.2) is 0 Å². The molecular formula is C8H5N3O3. The van der Waals surface area contributed by atoms with Crippen LogP contribution in [0.1, 0.15) is 0 Å². The summed E-state index contributed by atoms with van der Waals surface area (Å²) in [6.07, 6.45) is 3.07. The normalized spacial score (nSPS) is 10.0. The number of aromatic nitrogens is 2. The summed E-state index contributed by atoms with van der Waals surface area (Å²) in [5.74, 6) is 0. The van der Waals surface area contributed by atoms with Crippen molar-refractivity contribution in [2.45, 2.75) is 0 Å². The Kier molecular flexibility index (Phi) is 1.94. The van der Waals surface area contributed by atoms with Gasteiger partial charge in [-0.1, -0.05) is 0 Å². The molecule has 6 nitrogen and oxygen atoms in total. The number of pyridine rings is 1. The fourth-order valence-electron chi connectivity index (χ4n) is 1.09. The van der Waals surface area contributed by atoms with E-state index in [1.54, 1.807) is 18.3 Å². The molecule has 0 unspecified atom stereocenters. The number of hydrogen-bond donors (Lipinski definition) is 1. The highest BCUT2D eigenvalue weighted by atomic mass is 16.5. The van der Waals surface area contributed by atoms with Crippen LogP contribution in [0.5, 0.6) is 0 Å². The lowest BCUT2D eigenvalue weighted by molar-refractivity contribution is 0.394. The SMILES string of the molecule is O=Nc1c(-c2cccnc2)[nH]oc1=O. The van der Waals surface area contributed by atoms with Gasteiger partial charge in [0.05, 0.1) is 0 Å². The van der Waals surface area contributed by atoms with Gasteiger partial charge in [-0.25, -0.2) is 9.95 Å². The first-order valence-electron chi connectivity index (χ1n) is 3.78. The van der Waals surface area contributed by atoms with Crippen LogP contribution in [0, 0.1) is 4.91 Å². The molecule has 2 aromatic rings. The summed E-state index contributed by atoms with van der Waals surface area (Å²) >= 11 is 0. The van der Waals surface area contributed by atoms with E-state index in [4.69, 9.17) is 0 Å². The Bertz CT molecular complexity index is 500. The Hall–Kier alpha value is -2.24. The molecule has 0 atom stereocenters. The van der Waals surface area contributed by atoms with Crippen molar-refractivity contribution >= 4 is 5.69 Å². The molecule has 0 saturated heterocycles. The van der Waals surface area contributed by atoms with E-state index in [1.165, 1.54) is 6.20 Å². The van der Waals surface area contributed by atoms with E-state index in [-0.39, 0.29) is 11.4 Å². The van der Waals surface area contributed by atoms with Gasteiger partial charge in [0.2, 0.25) is 5.69 Å². The van der Waals surface area contributed by atoms with Crippen LogP contribution >= 0.6 is 0 Å². The van der Waals surface area contributed by atoms with Crippen molar-refractivity contribution in [1.29, 1.82) is 0 Å². The number of H-pyrrole nitrogens is 1. The molecule has 14 heavy (non-hydrogen) atoms. The maximum Gasteiger partial charge on any atom is 0.387 e. The highest BCUT2D eigenvalue weighted by Crippen LogP contribution is 2.23. The molecule has 2 aromatic heterocycles. The van der Waals surface area contributed by atoms with Gasteiger partial charge < -0.3 is 4.52 Å². The summed E-state index contributed by atoms with van der Waals surface area (Å²) in [5.41, 5.74) is -0.220. The Morgan fingerprint density at radius 3 is 3.00 bits per heavy atom. The van der Waals surface area contributed by atoms with Crippen molar-refractivity contribution in [2.24, 2.45) is 5.18 Å². The third kappa shape index (κ3) is 1.22. The van der Waals surface area contributed by atoms with Gasteiger partial charge in [0.1, 0.15) is 5.69 Å². The van der Waals surface area contributed by atoms with E-state index in [0.717, 1.165) is 0 Å². The first kappa shape index (κ1) is 8.36. The molecule has 0 aliphatic heterocycles. The molecule has 0 spiro atoms. The minimum Gasteiger partial charge on any atom is -0.336 e. The van der Waals surface area contributed by atoms with Crippen LogP contribution in [0.25, 0.3) is 11.3 Å². The first-order chi connectivity index (χ1) is 6.83. The van der Waals surface area contributed by atoms with Crippen molar-refractivity contribution in [3.8, 4) is 11.3 Å². The van der Waals surface area contributed by atoms with Gasteiger partial charge in [-0.2, -0.15) is 0 Å². The van der Waals surface area contributed by atoms with Crippen LogP contribution in [0.2, 0.25) is 0 Å². The van der Waals surface area contributed by atoms with Crippen LogP contribution in [-0.4, -0.2) is 10.1 Å². The quantitative estimate of drug-likeness (QED) is 0.727. The molecule has 0 amide bonds. The van der Waals surface area contributed by atoms with E-state index in [9.17, 15) is 9.70 Å². The predicted octanol–water partition coefficient (Wildman–Crippen LogP) is 1.43. The van der Waals surface area contributed by atoms with Crippen LogP contribution in [0.15, 0.2) is 39.0 Å². The predicted molar refractivity (Wildman–Crippen MR) is 48.0 cm³/mol. The first-order valence-corrected chi connectivity index (χ1v) is 3.78. The molecule has 2 rings (SSSR count). The molecule has 2 heterocycles. The number of nitrogens with zero attached hydrogens (tertiary/aromatic N) is 2. The van der Waals surface area contributed by atoms with E-state index >= 15 is 0 Å². The standard InChI is InChI=1S/C8H5N3O3/c12-8-7(10-13)6(11-14-8)5-2-1-3-9-4-5/h1-4,11H. The van der Waals surface area contributed by atoms with Gasteiger partial charge in [0, 0.05) is 18.0 Å². The van der Waals surface area contributed by atoms with Gasteiger partial charge in [-0.3, -0.25) is 4.98 Å². The summed E-state index contributed by atoms with van der Waals surface area (Å²) < 4.78 is 4.44. The second-order valence-electron chi connectivity index (χ2n) is 2.55. The maximum absolute atomic E-state index is 10.9. The lowest BCUT2D eigenvalue weighted by Gasteiger charge is -1.93. The molecule has 0 aromatic carbocycles. The van der Waals surface area contributed by atoms with Crippen molar-refractivity contribution in [2.75, 3.05) is 0 Å². The fourth-order valence-corrected chi connectivity index (χ4v) is 1.09. The zero-order valence-electron chi connectivity index (χ0n) is 6.93. The fraction of sp³-hybridized carbons (Fsp3) is 0. The van der Waals surface area contributed by atoms with Gasteiger partial charge in [0.25, 0.3) is 0 Å². The van der Waals surface area contributed by atoms with Crippen LogP contribution in [0.3, 0.4) is 0 Å². The summed E-state index contributed by atoms with van der Waals surface area (Å²) in [5, 5.41) is 4.91. The number of nitrogens with one attached hydrogen (secondary N) is 1. The second-order valence-corrected chi connectivity index (χ2v) is 2.55. The summed E-state index contributed by atoms with van der Waals surface area (Å²) in [4.78, 5) is 25.1. The highest BCUT2D eigenvalue weighted by molar-refractivity contribution is 5.69. The lowest BCUT2D eigenvalue weighted by Crippen LogP contribution is -1.89. The summed E-state index contributed by atoms with van der Waals surface area (Å²) in [6, 6.07) is 3.36. The third-order valence-electron chi connectivity index (χ3n) is 1.72. The molecule has 0 fully saturated rings. The Balaban J connectivity index is 2.63. The van der Waals surface area contributed by atoms with Crippen LogP contribution in [0.4, 0.5) is 5.69 Å². The summed E-state index contributed by atoms with van der Waals surface area (Å²) in [6.45, 7) is 0. The van der Waals surface area contributed by atoms with E-state index in [2.05, 4.69) is 19.8 Å². The molecule has 0 aliphatic rings. The molecule has 70 valence electrons. The van der Waals surface area contributed by atoms with Crippen molar-refractivity contribution in [3.63, 3.8) is 0 Å². The molecule has 0 radical (unpaired) electrons.